The van der Waals surface area contributed by atoms with Gasteiger partial charge in [-0.3, -0.25) is 9.59 Å². The minimum Gasteiger partial charge on any atom is -0.372 e. The van der Waals surface area contributed by atoms with E-state index in [1.165, 1.54) is 0 Å². The molecule has 1 aliphatic rings. The second-order valence-electron chi connectivity index (χ2n) is 8.00. The first-order valence-electron chi connectivity index (χ1n) is 11.2. The van der Waals surface area contributed by atoms with E-state index in [1.807, 2.05) is 54.6 Å². The first-order valence-corrected chi connectivity index (χ1v) is 11.2. The summed E-state index contributed by atoms with van der Waals surface area (Å²) in [6.07, 6.45) is 1.20. The van der Waals surface area contributed by atoms with Crippen LogP contribution >= 0.6 is 0 Å². The van der Waals surface area contributed by atoms with E-state index in [0.717, 1.165) is 29.5 Å². The minimum atomic E-state index is -0.414. The molecule has 0 aromatic heterocycles. The fourth-order valence-electron chi connectivity index (χ4n) is 3.75. The quantitative estimate of drug-likeness (QED) is 0.511. The fourth-order valence-corrected chi connectivity index (χ4v) is 3.75. The van der Waals surface area contributed by atoms with Crippen LogP contribution in [0.2, 0.25) is 0 Å². The Morgan fingerprint density at radius 1 is 0.909 bits per heavy atom. The molecule has 0 aliphatic carbocycles. The van der Waals surface area contributed by atoms with Crippen LogP contribution in [0.1, 0.15) is 39.9 Å². The van der Waals surface area contributed by atoms with Crippen molar-refractivity contribution in [2.45, 2.75) is 38.7 Å². The molecule has 6 heteroatoms. The SMILES string of the molecule is O=C(NCc1ccccc1COCc1ccccc1)c1cccc(NC(=O)C2CCCO2)c1. The monoisotopic (exact) mass is 444 g/mol. The van der Waals surface area contributed by atoms with Crippen LogP contribution in [0.15, 0.2) is 78.9 Å². The summed E-state index contributed by atoms with van der Waals surface area (Å²) in [5.74, 6) is -0.377. The van der Waals surface area contributed by atoms with Crippen molar-refractivity contribution in [2.75, 3.05) is 11.9 Å². The molecular weight excluding hydrogens is 416 g/mol. The highest BCUT2D eigenvalue weighted by Crippen LogP contribution is 2.17. The third kappa shape index (κ3) is 6.51. The first kappa shape index (κ1) is 22.7. The zero-order valence-corrected chi connectivity index (χ0v) is 18.5. The van der Waals surface area contributed by atoms with Crippen molar-refractivity contribution < 1.29 is 19.1 Å². The molecule has 2 N–H and O–H groups in total. The van der Waals surface area contributed by atoms with E-state index >= 15 is 0 Å². The van der Waals surface area contributed by atoms with Crippen molar-refractivity contribution in [3.05, 3.63) is 101 Å². The molecule has 2 amide bonds. The van der Waals surface area contributed by atoms with Crippen LogP contribution in [0.5, 0.6) is 0 Å². The van der Waals surface area contributed by atoms with Crippen LogP contribution in [0.4, 0.5) is 5.69 Å². The summed E-state index contributed by atoms with van der Waals surface area (Å²) in [6.45, 7) is 1.99. The van der Waals surface area contributed by atoms with Gasteiger partial charge in [-0.05, 0) is 47.7 Å². The van der Waals surface area contributed by atoms with E-state index in [2.05, 4.69) is 10.6 Å². The van der Waals surface area contributed by atoms with Gasteiger partial charge in [-0.25, -0.2) is 0 Å². The average molecular weight is 445 g/mol. The van der Waals surface area contributed by atoms with Gasteiger partial charge in [0.25, 0.3) is 11.8 Å². The number of hydrogen-bond acceptors (Lipinski definition) is 4. The molecule has 170 valence electrons. The molecule has 0 spiro atoms. The first-order chi connectivity index (χ1) is 16.2. The molecule has 1 unspecified atom stereocenters. The highest BCUT2D eigenvalue weighted by molar-refractivity contribution is 5.98. The summed E-state index contributed by atoms with van der Waals surface area (Å²) in [5, 5.41) is 5.81. The van der Waals surface area contributed by atoms with Gasteiger partial charge in [0.2, 0.25) is 0 Å². The maximum absolute atomic E-state index is 12.7. The van der Waals surface area contributed by atoms with Gasteiger partial charge in [0.15, 0.2) is 0 Å². The number of carbonyl (C=O) groups is 2. The van der Waals surface area contributed by atoms with Crippen molar-refractivity contribution in [3.63, 3.8) is 0 Å². The van der Waals surface area contributed by atoms with Crippen LogP contribution in [0.3, 0.4) is 0 Å². The highest BCUT2D eigenvalue weighted by Gasteiger charge is 2.23. The summed E-state index contributed by atoms with van der Waals surface area (Å²) in [4.78, 5) is 25.0. The third-order valence-corrected chi connectivity index (χ3v) is 5.54. The van der Waals surface area contributed by atoms with Gasteiger partial charge < -0.3 is 20.1 Å². The summed E-state index contributed by atoms with van der Waals surface area (Å²) in [6, 6.07) is 24.9. The van der Waals surface area contributed by atoms with Gasteiger partial charge in [-0.1, -0.05) is 60.7 Å². The van der Waals surface area contributed by atoms with E-state index in [4.69, 9.17) is 9.47 Å². The van der Waals surface area contributed by atoms with E-state index in [9.17, 15) is 9.59 Å². The summed E-state index contributed by atoms with van der Waals surface area (Å²) < 4.78 is 11.3. The van der Waals surface area contributed by atoms with Crippen molar-refractivity contribution in [3.8, 4) is 0 Å². The Balaban J connectivity index is 1.32. The number of ether oxygens (including phenoxy) is 2. The summed E-state index contributed by atoms with van der Waals surface area (Å²) >= 11 is 0. The lowest BCUT2D eigenvalue weighted by Gasteiger charge is -2.13. The highest BCUT2D eigenvalue weighted by atomic mass is 16.5. The number of hydrogen-bond donors (Lipinski definition) is 2. The van der Waals surface area contributed by atoms with Crippen LogP contribution in [-0.2, 0) is 34.0 Å². The summed E-state index contributed by atoms with van der Waals surface area (Å²) in [7, 11) is 0. The second-order valence-corrected chi connectivity index (χ2v) is 8.00. The largest absolute Gasteiger partial charge is 0.372 e. The Hall–Kier alpha value is -3.48. The van der Waals surface area contributed by atoms with Gasteiger partial charge in [0.1, 0.15) is 6.10 Å². The van der Waals surface area contributed by atoms with Crippen molar-refractivity contribution in [1.29, 1.82) is 0 Å². The maximum Gasteiger partial charge on any atom is 0.253 e. The number of carbonyl (C=O) groups excluding carboxylic acids is 2. The lowest BCUT2D eigenvalue weighted by molar-refractivity contribution is -0.124. The van der Waals surface area contributed by atoms with Gasteiger partial charge in [0.05, 0.1) is 13.2 Å². The normalized spacial score (nSPS) is 15.2. The van der Waals surface area contributed by atoms with Crippen LogP contribution in [-0.4, -0.2) is 24.5 Å². The molecule has 33 heavy (non-hydrogen) atoms. The standard InChI is InChI=1S/C27H28N2O4/c30-26(21-12-6-13-24(16-21)29-27(31)25-14-7-15-33-25)28-17-22-10-4-5-11-23(22)19-32-18-20-8-2-1-3-9-20/h1-6,8-13,16,25H,7,14-15,17-19H2,(H,28,30)(H,29,31). The lowest BCUT2D eigenvalue weighted by Crippen LogP contribution is -2.27. The molecule has 1 heterocycles. The maximum atomic E-state index is 12.7. The number of nitrogens with one attached hydrogen (secondary N) is 2. The number of anilines is 1. The van der Waals surface area contributed by atoms with Crippen LogP contribution in [0.25, 0.3) is 0 Å². The van der Waals surface area contributed by atoms with E-state index < -0.39 is 6.10 Å². The zero-order valence-electron chi connectivity index (χ0n) is 18.5. The van der Waals surface area contributed by atoms with Crippen molar-refractivity contribution >= 4 is 17.5 Å². The van der Waals surface area contributed by atoms with Crippen LogP contribution in [0, 0.1) is 0 Å². The van der Waals surface area contributed by atoms with Gasteiger partial charge >= 0.3 is 0 Å². The summed E-state index contributed by atoms with van der Waals surface area (Å²) in [5.41, 5.74) is 4.22. The Bertz CT molecular complexity index is 1080. The number of rotatable bonds is 9. The smallest absolute Gasteiger partial charge is 0.253 e. The molecule has 4 rings (SSSR count). The van der Waals surface area contributed by atoms with Crippen LogP contribution < -0.4 is 10.6 Å². The van der Waals surface area contributed by atoms with Gasteiger partial charge in [-0.15, -0.1) is 0 Å². The molecule has 1 fully saturated rings. The van der Waals surface area contributed by atoms with E-state index in [0.29, 0.717) is 37.6 Å². The topological polar surface area (TPSA) is 76.7 Å². The molecular formula is C27H28N2O4. The Kier molecular flexibility index (Phi) is 7.85. The van der Waals surface area contributed by atoms with Gasteiger partial charge in [0, 0.05) is 24.4 Å². The Morgan fingerprint density at radius 2 is 1.70 bits per heavy atom. The van der Waals surface area contributed by atoms with Crippen molar-refractivity contribution in [2.24, 2.45) is 0 Å². The lowest BCUT2D eigenvalue weighted by atomic mass is 10.1. The van der Waals surface area contributed by atoms with E-state index in [-0.39, 0.29) is 11.8 Å². The second kappa shape index (κ2) is 11.4. The van der Waals surface area contributed by atoms with Crippen molar-refractivity contribution in [1.82, 2.24) is 5.32 Å². The molecule has 1 saturated heterocycles. The Labute approximate surface area is 193 Å². The molecule has 0 radical (unpaired) electrons. The molecule has 3 aromatic carbocycles. The molecule has 6 nitrogen and oxygen atoms in total. The molecule has 3 aromatic rings. The zero-order chi connectivity index (χ0) is 22.9. The number of amides is 2. The average Bonchev–Trinajstić information content (AvgIpc) is 3.39. The predicted octanol–water partition coefficient (Wildman–Crippen LogP) is 4.45. The fraction of sp³-hybridized carbons (Fsp3) is 0.259. The predicted molar refractivity (Wildman–Crippen MR) is 127 cm³/mol. The van der Waals surface area contributed by atoms with E-state index in [1.54, 1.807) is 24.3 Å². The molecule has 0 bridgehead atoms. The minimum absolute atomic E-state index is 0.172. The van der Waals surface area contributed by atoms with Gasteiger partial charge in [-0.2, -0.15) is 0 Å². The Morgan fingerprint density at radius 3 is 2.48 bits per heavy atom. The third-order valence-electron chi connectivity index (χ3n) is 5.54. The number of benzene rings is 3. The molecule has 0 saturated carbocycles. The molecule has 1 aliphatic heterocycles. The molecule has 1 atom stereocenters.